The lowest BCUT2D eigenvalue weighted by Crippen LogP contribution is -2.20. The standard InChI is InChI=1S/C9H8F5N.ClH/c10-4-7(15)5-2-1-3-6(11)8(5)9(12,13)14;/h1-3,7H,4,15H2;1H/t7-;/m0./s1. The maximum absolute atomic E-state index is 12.9. The molecule has 2 N–H and O–H groups in total. The Morgan fingerprint density at radius 1 is 1.25 bits per heavy atom. The van der Waals surface area contributed by atoms with E-state index in [0.717, 1.165) is 12.1 Å². The van der Waals surface area contributed by atoms with Gasteiger partial charge in [-0.3, -0.25) is 0 Å². The summed E-state index contributed by atoms with van der Waals surface area (Å²) in [7, 11) is 0. The lowest BCUT2D eigenvalue weighted by Gasteiger charge is -2.16. The van der Waals surface area contributed by atoms with Gasteiger partial charge in [-0.05, 0) is 11.6 Å². The molecule has 1 rings (SSSR count). The molecular formula is C9H9ClF5N. The van der Waals surface area contributed by atoms with Crippen molar-refractivity contribution in [2.75, 3.05) is 6.67 Å². The van der Waals surface area contributed by atoms with Crippen molar-refractivity contribution in [3.63, 3.8) is 0 Å². The number of benzene rings is 1. The van der Waals surface area contributed by atoms with Crippen LogP contribution in [0.4, 0.5) is 22.0 Å². The van der Waals surface area contributed by atoms with Crippen molar-refractivity contribution < 1.29 is 22.0 Å². The van der Waals surface area contributed by atoms with E-state index in [4.69, 9.17) is 5.73 Å². The minimum atomic E-state index is -4.87. The Morgan fingerprint density at radius 3 is 2.25 bits per heavy atom. The lowest BCUT2D eigenvalue weighted by atomic mass is 10.0. The quantitative estimate of drug-likeness (QED) is 0.813. The highest BCUT2D eigenvalue weighted by molar-refractivity contribution is 5.85. The number of hydrogen-bond donors (Lipinski definition) is 1. The Bertz CT molecular complexity index is 352. The molecule has 0 saturated carbocycles. The molecule has 1 aromatic rings. The maximum Gasteiger partial charge on any atom is 0.419 e. The van der Waals surface area contributed by atoms with E-state index in [2.05, 4.69) is 0 Å². The third kappa shape index (κ3) is 3.05. The average Bonchev–Trinajstić information content (AvgIpc) is 2.14. The normalized spacial score (nSPS) is 13.1. The van der Waals surface area contributed by atoms with Crippen LogP contribution in [-0.4, -0.2) is 6.67 Å². The third-order valence-corrected chi connectivity index (χ3v) is 1.90. The summed E-state index contributed by atoms with van der Waals surface area (Å²) in [5, 5.41) is 0. The molecule has 1 nitrogen and oxygen atoms in total. The fraction of sp³-hybridized carbons (Fsp3) is 0.333. The predicted octanol–water partition coefficient (Wildman–Crippen LogP) is 3.24. The van der Waals surface area contributed by atoms with Crippen LogP contribution in [0.2, 0.25) is 0 Å². The summed E-state index contributed by atoms with van der Waals surface area (Å²) >= 11 is 0. The smallest absolute Gasteiger partial charge is 0.322 e. The highest BCUT2D eigenvalue weighted by atomic mass is 35.5. The zero-order valence-corrected chi connectivity index (χ0v) is 8.71. The molecule has 92 valence electrons. The SMILES string of the molecule is Cl.N[C@@H](CF)c1cccc(F)c1C(F)(F)F. The van der Waals surface area contributed by atoms with E-state index >= 15 is 0 Å². The molecule has 1 atom stereocenters. The van der Waals surface area contributed by atoms with Crippen LogP contribution in [0.5, 0.6) is 0 Å². The second-order valence-electron chi connectivity index (χ2n) is 2.96. The monoisotopic (exact) mass is 261 g/mol. The molecule has 16 heavy (non-hydrogen) atoms. The molecular weight excluding hydrogens is 253 g/mol. The highest BCUT2D eigenvalue weighted by Gasteiger charge is 2.37. The van der Waals surface area contributed by atoms with Crippen molar-refractivity contribution in [3.05, 3.63) is 35.1 Å². The molecule has 0 radical (unpaired) electrons. The molecule has 0 bridgehead atoms. The second kappa shape index (κ2) is 5.45. The van der Waals surface area contributed by atoms with Gasteiger partial charge in [0.1, 0.15) is 12.5 Å². The van der Waals surface area contributed by atoms with Crippen LogP contribution < -0.4 is 5.73 Å². The van der Waals surface area contributed by atoms with Crippen molar-refractivity contribution in [3.8, 4) is 0 Å². The summed E-state index contributed by atoms with van der Waals surface area (Å²) in [6, 6.07) is 1.24. The lowest BCUT2D eigenvalue weighted by molar-refractivity contribution is -0.140. The van der Waals surface area contributed by atoms with Gasteiger partial charge in [-0.15, -0.1) is 12.4 Å². The van der Waals surface area contributed by atoms with E-state index in [1.165, 1.54) is 0 Å². The Labute approximate surface area is 94.8 Å². The van der Waals surface area contributed by atoms with Crippen LogP contribution >= 0.6 is 12.4 Å². The summed E-state index contributed by atoms with van der Waals surface area (Å²) in [6.45, 7) is -1.17. The third-order valence-electron chi connectivity index (χ3n) is 1.90. The van der Waals surface area contributed by atoms with Crippen LogP contribution in [0.25, 0.3) is 0 Å². The Kier molecular flexibility index (Phi) is 5.15. The van der Waals surface area contributed by atoms with Crippen LogP contribution in [0.15, 0.2) is 18.2 Å². The van der Waals surface area contributed by atoms with E-state index in [-0.39, 0.29) is 12.4 Å². The van der Waals surface area contributed by atoms with Crippen LogP contribution in [0.3, 0.4) is 0 Å². The topological polar surface area (TPSA) is 26.0 Å². The first-order valence-corrected chi connectivity index (χ1v) is 4.05. The molecule has 0 aromatic heterocycles. The number of rotatable bonds is 2. The van der Waals surface area contributed by atoms with Crippen molar-refractivity contribution >= 4 is 12.4 Å². The summed E-state index contributed by atoms with van der Waals surface area (Å²) < 4.78 is 62.3. The van der Waals surface area contributed by atoms with Crippen molar-refractivity contribution in [2.24, 2.45) is 5.73 Å². The Hall–Kier alpha value is -0.880. The number of nitrogens with two attached hydrogens (primary N) is 1. The first-order valence-electron chi connectivity index (χ1n) is 4.05. The van der Waals surface area contributed by atoms with Gasteiger partial charge >= 0.3 is 6.18 Å². The van der Waals surface area contributed by atoms with Gasteiger partial charge in [0, 0.05) is 0 Å². The summed E-state index contributed by atoms with van der Waals surface area (Å²) in [4.78, 5) is 0. The molecule has 0 saturated heterocycles. The molecule has 0 unspecified atom stereocenters. The molecule has 0 heterocycles. The van der Waals surface area contributed by atoms with Gasteiger partial charge in [0.15, 0.2) is 0 Å². The fourth-order valence-corrected chi connectivity index (χ4v) is 1.23. The minimum absolute atomic E-state index is 0. The number of halogens is 6. The minimum Gasteiger partial charge on any atom is -0.322 e. The predicted molar refractivity (Wildman–Crippen MR) is 51.6 cm³/mol. The summed E-state index contributed by atoms with van der Waals surface area (Å²) in [5.41, 5.74) is 3.06. The molecule has 1 aromatic carbocycles. The van der Waals surface area contributed by atoms with Crippen molar-refractivity contribution in [2.45, 2.75) is 12.2 Å². The van der Waals surface area contributed by atoms with Crippen molar-refractivity contribution in [1.82, 2.24) is 0 Å². The Balaban J connectivity index is 0.00000225. The first kappa shape index (κ1) is 15.1. The second-order valence-corrected chi connectivity index (χ2v) is 2.96. The first-order chi connectivity index (χ1) is 6.88. The van der Waals surface area contributed by atoms with E-state index in [0.29, 0.717) is 6.07 Å². The van der Waals surface area contributed by atoms with Crippen LogP contribution in [-0.2, 0) is 6.18 Å². The van der Waals surface area contributed by atoms with E-state index in [1.54, 1.807) is 0 Å². The van der Waals surface area contributed by atoms with Gasteiger partial charge in [-0.25, -0.2) is 8.78 Å². The Morgan fingerprint density at radius 2 is 1.81 bits per heavy atom. The van der Waals surface area contributed by atoms with Gasteiger partial charge in [-0.1, -0.05) is 12.1 Å². The van der Waals surface area contributed by atoms with Gasteiger partial charge in [0.25, 0.3) is 0 Å². The molecule has 0 aliphatic heterocycles. The van der Waals surface area contributed by atoms with Gasteiger partial charge in [0.05, 0.1) is 11.6 Å². The average molecular weight is 262 g/mol. The zero-order chi connectivity index (χ0) is 11.6. The maximum atomic E-state index is 12.9. The molecule has 0 spiro atoms. The number of hydrogen-bond acceptors (Lipinski definition) is 1. The van der Waals surface area contributed by atoms with Crippen LogP contribution in [0.1, 0.15) is 17.2 Å². The highest BCUT2D eigenvalue weighted by Crippen LogP contribution is 2.35. The molecule has 7 heteroatoms. The number of alkyl halides is 4. The zero-order valence-electron chi connectivity index (χ0n) is 7.89. The molecule has 0 amide bonds. The summed E-state index contributed by atoms with van der Waals surface area (Å²) in [6.07, 6.45) is -4.87. The van der Waals surface area contributed by atoms with E-state index < -0.39 is 35.8 Å². The largest absolute Gasteiger partial charge is 0.419 e. The van der Waals surface area contributed by atoms with Gasteiger partial charge in [0.2, 0.25) is 0 Å². The van der Waals surface area contributed by atoms with E-state index in [9.17, 15) is 22.0 Å². The van der Waals surface area contributed by atoms with Crippen molar-refractivity contribution in [1.29, 1.82) is 0 Å². The molecule has 0 aliphatic carbocycles. The van der Waals surface area contributed by atoms with Gasteiger partial charge < -0.3 is 5.73 Å². The van der Waals surface area contributed by atoms with Crippen LogP contribution in [0, 0.1) is 5.82 Å². The van der Waals surface area contributed by atoms with E-state index in [1.807, 2.05) is 0 Å². The van der Waals surface area contributed by atoms with Gasteiger partial charge in [-0.2, -0.15) is 13.2 Å². The summed E-state index contributed by atoms with van der Waals surface area (Å²) in [5.74, 6) is -1.44. The molecule has 0 fully saturated rings. The fourth-order valence-electron chi connectivity index (χ4n) is 1.23. The molecule has 0 aliphatic rings.